The number of ether oxygens (including phenoxy) is 3. The highest BCUT2D eigenvalue weighted by Gasteiger charge is 2.33. The van der Waals surface area contributed by atoms with Gasteiger partial charge in [0.1, 0.15) is 23.8 Å². The van der Waals surface area contributed by atoms with E-state index in [0.29, 0.717) is 60.0 Å². The lowest BCUT2D eigenvalue weighted by Crippen LogP contribution is -2.43. The molecule has 3 aliphatic heterocycles. The van der Waals surface area contributed by atoms with Crippen LogP contribution >= 0.6 is 0 Å². The molecule has 2 amide bonds. The van der Waals surface area contributed by atoms with Gasteiger partial charge in [-0.3, -0.25) is 19.2 Å². The van der Waals surface area contributed by atoms with Crippen molar-refractivity contribution in [2.24, 2.45) is 0 Å². The monoisotopic (exact) mass is 692 g/mol. The number of methoxy groups -OCH3 is 1. The van der Waals surface area contributed by atoms with Crippen molar-refractivity contribution in [3.63, 3.8) is 0 Å². The number of carbonyl (C=O) groups is 3. The Morgan fingerprint density at radius 3 is 2.57 bits per heavy atom. The first-order valence-electron chi connectivity index (χ1n) is 16.3. The number of phenolic OH excluding ortho intramolecular Hbond substituents is 1. The maximum absolute atomic E-state index is 14.2. The number of hydrogen-bond donors (Lipinski definition) is 3. The third kappa shape index (κ3) is 7.18. The predicted molar refractivity (Wildman–Crippen MR) is 187 cm³/mol. The standard InChI is InChI=1S/C37H34N4O7.CH2O2/c1-22-27-6-3-4-7-29(27)37(45)41(39-22)21-34(43)40-16-14-23-18-25-9-11-28(23)35(40)24-8-13-32(46-2)33(19-24)47-17-5-15-38-36(44)30-20-26(48-25)10-12-31(30)42;2-1-3/h3-4,6-13,18-20,35,42H,5,14-17,21H2,1-2H3,(H,38,44);1H,(H,2,3). The van der Waals surface area contributed by atoms with E-state index in [-0.39, 0.29) is 42.4 Å². The Balaban J connectivity index is 0.00000144. The molecule has 0 saturated heterocycles. The average molecular weight is 693 g/mol. The van der Waals surface area contributed by atoms with Gasteiger partial charge < -0.3 is 34.6 Å². The van der Waals surface area contributed by atoms with Gasteiger partial charge in [0.2, 0.25) is 5.91 Å². The predicted octanol–water partition coefficient (Wildman–Crippen LogP) is 4.60. The van der Waals surface area contributed by atoms with Crippen LogP contribution in [0.5, 0.6) is 28.7 Å². The number of phenols is 1. The molecule has 0 spiro atoms. The van der Waals surface area contributed by atoms with E-state index < -0.39 is 11.9 Å². The summed E-state index contributed by atoms with van der Waals surface area (Å²) in [7, 11) is 1.56. The second kappa shape index (κ2) is 15.0. The van der Waals surface area contributed by atoms with Crippen molar-refractivity contribution >= 4 is 29.1 Å². The number of aromatic hydroxyl groups is 1. The molecule has 13 heteroatoms. The summed E-state index contributed by atoms with van der Waals surface area (Å²) in [6, 6.07) is 22.6. The van der Waals surface area contributed by atoms with Crippen LogP contribution in [0.4, 0.5) is 0 Å². The van der Waals surface area contributed by atoms with E-state index in [0.717, 1.165) is 22.1 Å². The number of rotatable bonds is 3. The molecule has 262 valence electrons. The zero-order valence-electron chi connectivity index (χ0n) is 28.0. The lowest BCUT2D eigenvalue weighted by Gasteiger charge is -2.38. The first-order chi connectivity index (χ1) is 24.7. The Morgan fingerprint density at radius 1 is 1.04 bits per heavy atom. The summed E-state index contributed by atoms with van der Waals surface area (Å²) < 4.78 is 19.1. The summed E-state index contributed by atoms with van der Waals surface area (Å²) in [4.78, 5) is 50.6. The molecule has 13 nitrogen and oxygen atoms in total. The fourth-order valence-electron chi connectivity index (χ4n) is 6.45. The zero-order chi connectivity index (χ0) is 36.1. The normalized spacial score (nSPS) is 15.2. The van der Waals surface area contributed by atoms with E-state index in [1.807, 2.05) is 55.5 Å². The number of carbonyl (C=O) groups excluding carboxylic acids is 2. The van der Waals surface area contributed by atoms with Gasteiger partial charge in [0.15, 0.2) is 11.5 Å². The molecule has 1 unspecified atom stereocenters. The third-order valence-electron chi connectivity index (χ3n) is 8.82. The van der Waals surface area contributed by atoms with Crippen LogP contribution in [-0.2, 0) is 22.6 Å². The van der Waals surface area contributed by atoms with E-state index in [9.17, 15) is 19.5 Å². The van der Waals surface area contributed by atoms with Crippen LogP contribution in [0.3, 0.4) is 0 Å². The largest absolute Gasteiger partial charge is 0.507 e. The van der Waals surface area contributed by atoms with Crippen molar-refractivity contribution in [3.05, 3.63) is 117 Å². The lowest BCUT2D eigenvalue weighted by molar-refractivity contribution is -0.134. The van der Waals surface area contributed by atoms with Crippen LogP contribution in [0.1, 0.15) is 45.2 Å². The second-order valence-corrected chi connectivity index (χ2v) is 11.9. The highest BCUT2D eigenvalue weighted by Crippen LogP contribution is 2.41. The molecule has 4 aromatic carbocycles. The molecule has 1 atom stereocenters. The van der Waals surface area contributed by atoms with Crippen LogP contribution < -0.4 is 25.1 Å². The van der Waals surface area contributed by atoms with Crippen molar-refractivity contribution < 1.29 is 38.8 Å². The smallest absolute Gasteiger partial charge is 0.290 e. The Labute approximate surface area is 292 Å². The molecule has 0 radical (unpaired) electrons. The minimum Gasteiger partial charge on any atom is -0.507 e. The van der Waals surface area contributed by atoms with Crippen molar-refractivity contribution in [2.45, 2.75) is 32.4 Å². The molecule has 0 aliphatic carbocycles. The maximum Gasteiger partial charge on any atom is 0.290 e. The van der Waals surface area contributed by atoms with E-state index in [2.05, 4.69) is 10.4 Å². The number of carboxylic acid groups (broad SMARTS) is 1. The van der Waals surface area contributed by atoms with Crippen LogP contribution in [-0.4, -0.2) is 70.0 Å². The van der Waals surface area contributed by atoms with Gasteiger partial charge >= 0.3 is 0 Å². The third-order valence-corrected chi connectivity index (χ3v) is 8.82. The number of hydrogen-bond acceptors (Lipinski definition) is 9. The van der Waals surface area contributed by atoms with Gasteiger partial charge in [-0.1, -0.05) is 30.3 Å². The van der Waals surface area contributed by atoms with Gasteiger partial charge in [-0.05, 0) is 85.0 Å². The van der Waals surface area contributed by atoms with Crippen molar-refractivity contribution in [1.29, 1.82) is 0 Å². The minimum absolute atomic E-state index is 0.103. The van der Waals surface area contributed by atoms with Gasteiger partial charge in [-0.2, -0.15) is 5.10 Å². The van der Waals surface area contributed by atoms with Crippen molar-refractivity contribution in [3.8, 4) is 28.7 Å². The van der Waals surface area contributed by atoms with Gasteiger partial charge in [0, 0.05) is 18.5 Å². The van der Waals surface area contributed by atoms with Crippen LogP contribution in [0, 0.1) is 6.92 Å². The van der Waals surface area contributed by atoms with Crippen LogP contribution in [0.2, 0.25) is 0 Å². The molecule has 51 heavy (non-hydrogen) atoms. The quantitative estimate of drug-likeness (QED) is 0.227. The molecular formula is C38H36N4O9. The van der Waals surface area contributed by atoms with Gasteiger partial charge in [-0.25, -0.2) is 4.68 Å². The molecule has 5 aromatic rings. The molecule has 1 aromatic heterocycles. The summed E-state index contributed by atoms with van der Waals surface area (Å²) in [5.74, 6) is 1.15. The number of nitrogens with one attached hydrogen (secondary N) is 1. The van der Waals surface area contributed by atoms with Crippen LogP contribution in [0.15, 0.2) is 83.7 Å². The first kappa shape index (κ1) is 34.5. The number of benzene rings is 4. The second-order valence-electron chi connectivity index (χ2n) is 11.9. The molecule has 4 heterocycles. The number of amides is 2. The summed E-state index contributed by atoms with van der Waals surface area (Å²) >= 11 is 0. The number of nitrogens with zero attached hydrogens (tertiary/aromatic N) is 3. The molecule has 8 rings (SSSR count). The summed E-state index contributed by atoms with van der Waals surface area (Å²) in [6.07, 6.45) is 1.03. The fraction of sp³-hybridized carbons (Fsp3) is 0.237. The Kier molecular flexibility index (Phi) is 10.2. The maximum atomic E-state index is 14.2. The highest BCUT2D eigenvalue weighted by atomic mass is 16.5. The van der Waals surface area contributed by atoms with E-state index in [4.69, 9.17) is 24.1 Å². The molecule has 0 saturated carbocycles. The van der Waals surface area contributed by atoms with Gasteiger partial charge in [0.25, 0.3) is 17.9 Å². The van der Waals surface area contributed by atoms with Crippen LogP contribution in [0.25, 0.3) is 10.8 Å². The summed E-state index contributed by atoms with van der Waals surface area (Å²) in [5.41, 5.74) is 3.15. The molecule has 3 N–H and O–H groups in total. The molecule has 0 fully saturated rings. The number of aromatic nitrogens is 2. The fourth-order valence-corrected chi connectivity index (χ4v) is 6.45. The lowest BCUT2D eigenvalue weighted by atomic mass is 9.87. The molecule has 8 bridgehead atoms. The van der Waals surface area contributed by atoms with E-state index in [1.165, 1.54) is 16.8 Å². The number of fused-ring (bicyclic) bond motifs is 7. The number of aryl methyl sites for hydroxylation is 1. The molecule has 3 aliphatic rings. The Bertz CT molecular complexity index is 2180. The SMILES string of the molecule is COc1ccc2cc1OCCCNC(=O)c1cc(ccc1O)Oc1ccc3c(c1)CCN(C(=O)Cn1nc(C)c4ccccc4c1=O)C23.O=CO. The Hall–Kier alpha value is -6.37. The van der Waals surface area contributed by atoms with Gasteiger partial charge in [0.05, 0.1) is 36.4 Å². The van der Waals surface area contributed by atoms with Gasteiger partial charge in [-0.15, -0.1) is 0 Å². The zero-order valence-corrected chi connectivity index (χ0v) is 28.0. The highest BCUT2D eigenvalue weighted by molar-refractivity contribution is 5.97. The summed E-state index contributed by atoms with van der Waals surface area (Å²) in [5, 5.41) is 25.8. The summed E-state index contributed by atoms with van der Waals surface area (Å²) in [6.45, 7) is 2.33. The minimum atomic E-state index is -0.501. The van der Waals surface area contributed by atoms with E-state index >= 15 is 0 Å². The Morgan fingerprint density at radius 2 is 1.78 bits per heavy atom. The molecular weight excluding hydrogens is 656 g/mol. The first-order valence-corrected chi connectivity index (χ1v) is 16.3. The average Bonchev–Trinajstić information content (AvgIpc) is 3.13. The van der Waals surface area contributed by atoms with Crippen molar-refractivity contribution in [2.75, 3.05) is 26.8 Å². The van der Waals surface area contributed by atoms with Crippen molar-refractivity contribution in [1.82, 2.24) is 20.0 Å². The van der Waals surface area contributed by atoms with E-state index in [1.54, 1.807) is 30.2 Å². The topological polar surface area (TPSA) is 170 Å².